The van der Waals surface area contributed by atoms with E-state index < -0.39 is 0 Å². The highest BCUT2D eigenvalue weighted by atomic mass is 32.1. The summed E-state index contributed by atoms with van der Waals surface area (Å²) in [5, 5.41) is 3.52. The first-order valence-corrected chi connectivity index (χ1v) is 11.2. The van der Waals surface area contributed by atoms with Gasteiger partial charge in [-0.25, -0.2) is 4.98 Å². The lowest BCUT2D eigenvalue weighted by Gasteiger charge is -2.20. The smallest absolute Gasteiger partial charge is 0.280 e. The van der Waals surface area contributed by atoms with Crippen molar-refractivity contribution in [3.05, 3.63) is 75.2 Å². The highest BCUT2D eigenvalue weighted by Crippen LogP contribution is 2.24. The molecule has 6 nitrogen and oxygen atoms in total. The summed E-state index contributed by atoms with van der Waals surface area (Å²) in [5.74, 6) is 1.55. The fraction of sp³-hybridized carbons (Fsp3) is 0.333. The summed E-state index contributed by atoms with van der Waals surface area (Å²) in [6.07, 6.45) is 1.78. The Morgan fingerprint density at radius 2 is 1.71 bits per heavy atom. The molecule has 2 heterocycles. The van der Waals surface area contributed by atoms with Crippen molar-refractivity contribution in [2.24, 2.45) is 0 Å². The summed E-state index contributed by atoms with van der Waals surface area (Å²) in [7, 11) is 3.33. The van der Waals surface area contributed by atoms with Gasteiger partial charge in [-0.05, 0) is 41.8 Å². The van der Waals surface area contributed by atoms with Crippen LogP contribution in [-0.2, 0) is 25.9 Å². The van der Waals surface area contributed by atoms with Gasteiger partial charge in [0.2, 0.25) is 0 Å². The zero-order chi connectivity index (χ0) is 21.6. The van der Waals surface area contributed by atoms with Crippen LogP contribution in [0.1, 0.15) is 31.5 Å². The molecule has 0 saturated heterocycles. The molecule has 7 heteroatoms. The summed E-state index contributed by atoms with van der Waals surface area (Å²) >= 11 is 1.52. The van der Waals surface area contributed by atoms with Gasteiger partial charge in [-0.3, -0.25) is 9.69 Å². The molecule has 0 saturated carbocycles. The van der Waals surface area contributed by atoms with Gasteiger partial charge >= 0.3 is 0 Å². The van der Waals surface area contributed by atoms with E-state index in [0.717, 1.165) is 55.2 Å². The average molecular weight is 438 g/mol. The summed E-state index contributed by atoms with van der Waals surface area (Å²) in [6, 6.07) is 15.9. The van der Waals surface area contributed by atoms with Crippen LogP contribution >= 0.6 is 11.3 Å². The number of fused-ring (bicyclic) bond motifs is 1. The van der Waals surface area contributed by atoms with Crippen molar-refractivity contribution in [1.82, 2.24) is 15.2 Å². The SMILES string of the molecule is COc1cccc(CNC(=O)c2nc3c(s2)CCN(Cc2cccc(OC)c2)CC3)c1. The number of benzene rings is 2. The lowest BCUT2D eigenvalue weighted by molar-refractivity contribution is 0.0950. The molecule has 2 aromatic carbocycles. The second-order valence-corrected chi connectivity index (χ2v) is 8.63. The van der Waals surface area contributed by atoms with Gasteiger partial charge < -0.3 is 14.8 Å². The zero-order valence-corrected chi connectivity index (χ0v) is 18.7. The first kappa shape index (κ1) is 21.3. The van der Waals surface area contributed by atoms with Gasteiger partial charge in [0.25, 0.3) is 5.91 Å². The average Bonchev–Trinajstić information content (AvgIpc) is 3.13. The number of hydrogen-bond donors (Lipinski definition) is 1. The Hall–Kier alpha value is -2.90. The number of hydrogen-bond acceptors (Lipinski definition) is 6. The molecule has 0 bridgehead atoms. The Morgan fingerprint density at radius 1 is 1.03 bits per heavy atom. The molecular weight excluding hydrogens is 410 g/mol. The van der Waals surface area contributed by atoms with E-state index in [1.54, 1.807) is 14.2 Å². The van der Waals surface area contributed by atoms with Gasteiger partial charge in [-0.2, -0.15) is 0 Å². The molecule has 162 valence electrons. The molecule has 1 aliphatic heterocycles. The first-order chi connectivity index (χ1) is 15.1. The van der Waals surface area contributed by atoms with Crippen LogP contribution in [0.15, 0.2) is 48.5 Å². The molecule has 0 fully saturated rings. The Kier molecular flexibility index (Phi) is 6.84. The summed E-state index contributed by atoms with van der Waals surface area (Å²) < 4.78 is 10.6. The number of ether oxygens (including phenoxy) is 2. The van der Waals surface area contributed by atoms with Crippen molar-refractivity contribution >= 4 is 17.2 Å². The molecule has 4 rings (SSSR count). The number of amides is 1. The lowest BCUT2D eigenvalue weighted by Crippen LogP contribution is -2.26. The van der Waals surface area contributed by atoms with E-state index in [1.165, 1.54) is 21.8 Å². The molecule has 0 atom stereocenters. The summed E-state index contributed by atoms with van der Waals surface area (Å²) in [4.78, 5) is 20.9. The van der Waals surface area contributed by atoms with Crippen LogP contribution < -0.4 is 14.8 Å². The molecule has 1 aromatic heterocycles. The molecule has 31 heavy (non-hydrogen) atoms. The van der Waals surface area contributed by atoms with E-state index in [2.05, 4.69) is 27.3 Å². The van der Waals surface area contributed by atoms with Gasteiger partial charge in [0.05, 0.1) is 19.9 Å². The summed E-state index contributed by atoms with van der Waals surface area (Å²) in [5.41, 5.74) is 3.30. The van der Waals surface area contributed by atoms with Crippen LogP contribution in [0.3, 0.4) is 0 Å². The van der Waals surface area contributed by atoms with E-state index in [4.69, 9.17) is 9.47 Å². The number of nitrogens with one attached hydrogen (secondary N) is 1. The number of rotatable bonds is 7. The predicted octanol–water partition coefficient (Wildman–Crippen LogP) is 3.69. The fourth-order valence-electron chi connectivity index (χ4n) is 3.73. The van der Waals surface area contributed by atoms with Gasteiger partial charge in [0.1, 0.15) is 11.5 Å². The highest BCUT2D eigenvalue weighted by Gasteiger charge is 2.21. The first-order valence-electron chi connectivity index (χ1n) is 10.4. The van der Waals surface area contributed by atoms with Gasteiger partial charge in [-0.15, -0.1) is 11.3 Å². The van der Waals surface area contributed by atoms with Crippen LogP contribution in [-0.4, -0.2) is 43.1 Å². The molecule has 1 N–H and O–H groups in total. The minimum Gasteiger partial charge on any atom is -0.497 e. The molecule has 0 aliphatic carbocycles. The number of carbonyl (C=O) groups excluding carboxylic acids is 1. The second kappa shape index (κ2) is 9.94. The second-order valence-electron chi connectivity index (χ2n) is 7.55. The van der Waals surface area contributed by atoms with Crippen LogP contribution in [0.5, 0.6) is 11.5 Å². The molecule has 1 aliphatic rings. The number of carbonyl (C=O) groups is 1. The zero-order valence-electron chi connectivity index (χ0n) is 17.9. The molecule has 3 aromatic rings. The van der Waals surface area contributed by atoms with E-state index in [0.29, 0.717) is 11.6 Å². The summed E-state index contributed by atoms with van der Waals surface area (Å²) in [6.45, 7) is 3.23. The quantitative estimate of drug-likeness (QED) is 0.611. The van der Waals surface area contributed by atoms with Crippen molar-refractivity contribution in [2.75, 3.05) is 27.3 Å². The van der Waals surface area contributed by atoms with Crippen LogP contribution in [0.2, 0.25) is 0 Å². The maximum Gasteiger partial charge on any atom is 0.280 e. The van der Waals surface area contributed by atoms with Crippen LogP contribution in [0.4, 0.5) is 0 Å². The third-order valence-corrected chi connectivity index (χ3v) is 6.58. The van der Waals surface area contributed by atoms with Gasteiger partial charge in [0, 0.05) is 37.5 Å². The Morgan fingerprint density at radius 3 is 2.45 bits per heavy atom. The van der Waals surface area contributed by atoms with Crippen molar-refractivity contribution in [2.45, 2.75) is 25.9 Å². The molecule has 0 spiro atoms. The van der Waals surface area contributed by atoms with E-state index in [9.17, 15) is 4.79 Å². The Balaban J connectivity index is 1.33. The predicted molar refractivity (Wildman–Crippen MR) is 122 cm³/mol. The monoisotopic (exact) mass is 437 g/mol. The molecule has 0 radical (unpaired) electrons. The van der Waals surface area contributed by atoms with E-state index >= 15 is 0 Å². The number of nitrogens with zero attached hydrogens (tertiary/aromatic N) is 2. The largest absolute Gasteiger partial charge is 0.497 e. The van der Waals surface area contributed by atoms with E-state index in [1.807, 2.05) is 36.4 Å². The van der Waals surface area contributed by atoms with Crippen molar-refractivity contribution in [3.8, 4) is 11.5 Å². The minimum absolute atomic E-state index is 0.117. The van der Waals surface area contributed by atoms with Crippen molar-refractivity contribution in [1.29, 1.82) is 0 Å². The lowest BCUT2D eigenvalue weighted by atomic mass is 10.2. The van der Waals surface area contributed by atoms with Gasteiger partial charge in [0.15, 0.2) is 5.01 Å². The van der Waals surface area contributed by atoms with Crippen LogP contribution in [0, 0.1) is 0 Å². The van der Waals surface area contributed by atoms with E-state index in [-0.39, 0.29) is 5.91 Å². The third-order valence-electron chi connectivity index (χ3n) is 5.42. The topological polar surface area (TPSA) is 63.7 Å². The molecular formula is C24H27N3O3S. The number of aromatic nitrogens is 1. The van der Waals surface area contributed by atoms with Gasteiger partial charge in [-0.1, -0.05) is 24.3 Å². The normalized spacial score (nSPS) is 13.9. The number of methoxy groups -OCH3 is 2. The standard InChI is InChI=1S/C24H27N3O3S/c1-29-19-7-3-5-17(13-19)15-25-23(28)24-26-21-9-11-27(12-10-22(21)31-24)16-18-6-4-8-20(14-18)30-2/h3-8,13-14H,9-12,15-16H2,1-2H3,(H,25,28). The Bertz CT molecular complexity index is 1020. The number of thiazole rings is 1. The minimum atomic E-state index is -0.117. The highest BCUT2D eigenvalue weighted by molar-refractivity contribution is 7.13. The maximum absolute atomic E-state index is 12.6. The van der Waals surface area contributed by atoms with Crippen LogP contribution in [0.25, 0.3) is 0 Å². The van der Waals surface area contributed by atoms with Crippen molar-refractivity contribution < 1.29 is 14.3 Å². The maximum atomic E-state index is 12.6. The fourth-order valence-corrected chi connectivity index (χ4v) is 4.75. The van der Waals surface area contributed by atoms with Crippen molar-refractivity contribution in [3.63, 3.8) is 0 Å². The molecule has 1 amide bonds. The third kappa shape index (κ3) is 5.42. The Labute approximate surface area is 186 Å². The molecule has 0 unspecified atom stereocenters.